The van der Waals surface area contributed by atoms with Crippen LogP contribution in [0, 0.1) is 11.7 Å². The van der Waals surface area contributed by atoms with Gasteiger partial charge in [-0.05, 0) is 24.1 Å². The van der Waals surface area contributed by atoms with Gasteiger partial charge in [-0.15, -0.1) is 0 Å². The number of halogens is 1. The van der Waals surface area contributed by atoms with E-state index in [0.717, 1.165) is 5.56 Å². The van der Waals surface area contributed by atoms with Gasteiger partial charge < -0.3 is 9.64 Å². The monoisotopic (exact) mass is 277 g/mol. The highest BCUT2D eigenvalue weighted by atomic mass is 19.1. The summed E-state index contributed by atoms with van der Waals surface area (Å²) in [6.07, 6.45) is 0.685. The van der Waals surface area contributed by atoms with Crippen molar-refractivity contribution in [3.05, 3.63) is 35.1 Å². The van der Waals surface area contributed by atoms with E-state index in [1.165, 1.54) is 12.1 Å². The molecule has 1 unspecified atom stereocenters. The average Bonchev–Trinajstić information content (AvgIpc) is 2.48. The van der Waals surface area contributed by atoms with Gasteiger partial charge in [0.05, 0.1) is 13.2 Å². The van der Waals surface area contributed by atoms with Crippen LogP contribution in [0.3, 0.4) is 0 Å². The number of ketones is 1. The Morgan fingerprint density at radius 2 is 2.00 bits per heavy atom. The van der Waals surface area contributed by atoms with Crippen LogP contribution in [0.4, 0.5) is 4.39 Å². The number of carbonyl (C=O) groups is 2. The van der Waals surface area contributed by atoms with Crippen LogP contribution < -0.4 is 0 Å². The number of nitrogens with zero attached hydrogens (tertiary/aromatic N) is 1. The van der Waals surface area contributed by atoms with Crippen molar-refractivity contribution in [1.29, 1.82) is 0 Å². The number of fused-ring (bicyclic) bond motifs is 1. The van der Waals surface area contributed by atoms with Gasteiger partial charge in [0.1, 0.15) is 5.82 Å². The van der Waals surface area contributed by atoms with Gasteiger partial charge in [-0.25, -0.2) is 4.39 Å². The Morgan fingerprint density at radius 3 is 2.75 bits per heavy atom. The number of morpholine rings is 1. The fourth-order valence-corrected chi connectivity index (χ4v) is 2.87. The van der Waals surface area contributed by atoms with E-state index < -0.39 is 5.82 Å². The lowest BCUT2D eigenvalue weighted by Gasteiger charge is -2.32. The average molecular weight is 277 g/mol. The smallest absolute Gasteiger partial charge is 0.226 e. The van der Waals surface area contributed by atoms with Gasteiger partial charge in [-0.1, -0.05) is 6.07 Å². The summed E-state index contributed by atoms with van der Waals surface area (Å²) in [5.74, 6) is -0.859. The first-order valence-electron chi connectivity index (χ1n) is 6.83. The number of carbonyl (C=O) groups excluding carboxylic acids is 2. The van der Waals surface area contributed by atoms with Gasteiger partial charge in [0.25, 0.3) is 0 Å². The van der Waals surface area contributed by atoms with Crippen LogP contribution in [-0.2, 0) is 16.0 Å². The molecule has 0 spiro atoms. The largest absolute Gasteiger partial charge is 0.378 e. The molecule has 1 fully saturated rings. The molecule has 0 aromatic heterocycles. The van der Waals surface area contributed by atoms with Gasteiger partial charge in [0.2, 0.25) is 5.91 Å². The van der Waals surface area contributed by atoms with E-state index in [-0.39, 0.29) is 24.0 Å². The Hall–Kier alpha value is -1.75. The zero-order chi connectivity index (χ0) is 14.1. The van der Waals surface area contributed by atoms with Crippen molar-refractivity contribution in [3.8, 4) is 0 Å². The molecule has 0 N–H and O–H groups in total. The molecule has 5 heteroatoms. The number of hydrogen-bond donors (Lipinski definition) is 0. The van der Waals surface area contributed by atoms with Crippen LogP contribution >= 0.6 is 0 Å². The van der Waals surface area contributed by atoms with Gasteiger partial charge in [-0.2, -0.15) is 0 Å². The fraction of sp³-hybridized carbons (Fsp3) is 0.467. The molecule has 1 heterocycles. The quantitative estimate of drug-likeness (QED) is 0.780. The Morgan fingerprint density at radius 1 is 1.25 bits per heavy atom. The van der Waals surface area contributed by atoms with Crippen LogP contribution in [-0.4, -0.2) is 42.9 Å². The van der Waals surface area contributed by atoms with Crippen molar-refractivity contribution >= 4 is 11.7 Å². The van der Waals surface area contributed by atoms with Crippen molar-refractivity contribution in [2.24, 2.45) is 5.92 Å². The number of ether oxygens (including phenoxy) is 1. The summed E-state index contributed by atoms with van der Waals surface area (Å²) in [6, 6.07) is 4.22. The maximum atomic E-state index is 13.2. The van der Waals surface area contributed by atoms with Crippen molar-refractivity contribution in [2.45, 2.75) is 12.8 Å². The maximum Gasteiger partial charge on any atom is 0.226 e. The Balaban J connectivity index is 1.79. The summed E-state index contributed by atoms with van der Waals surface area (Å²) in [6.45, 7) is 2.27. The zero-order valence-corrected chi connectivity index (χ0v) is 11.1. The van der Waals surface area contributed by atoms with Crippen LogP contribution in [0.15, 0.2) is 18.2 Å². The van der Waals surface area contributed by atoms with Gasteiger partial charge in [0, 0.05) is 31.0 Å². The van der Waals surface area contributed by atoms with Gasteiger partial charge in [0.15, 0.2) is 5.78 Å². The van der Waals surface area contributed by atoms with Crippen molar-refractivity contribution < 1.29 is 18.7 Å². The normalized spacial score (nSPS) is 22.6. The molecule has 1 aliphatic heterocycles. The molecule has 1 saturated heterocycles. The Labute approximate surface area is 116 Å². The highest BCUT2D eigenvalue weighted by Crippen LogP contribution is 2.27. The molecule has 0 bridgehead atoms. The fourth-order valence-electron chi connectivity index (χ4n) is 2.87. The second-order valence-corrected chi connectivity index (χ2v) is 5.27. The van der Waals surface area contributed by atoms with Crippen molar-refractivity contribution in [2.75, 3.05) is 26.3 Å². The molecule has 3 rings (SSSR count). The third-order valence-electron chi connectivity index (χ3n) is 3.94. The molecule has 0 radical (unpaired) electrons. The lowest BCUT2D eigenvalue weighted by atomic mass is 9.82. The number of benzene rings is 1. The highest BCUT2D eigenvalue weighted by molar-refractivity contribution is 6.01. The van der Waals surface area contributed by atoms with Crippen LogP contribution in [0.1, 0.15) is 22.3 Å². The summed E-state index contributed by atoms with van der Waals surface area (Å²) in [5, 5.41) is 0. The van der Waals surface area contributed by atoms with E-state index >= 15 is 0 Å². The molecule has 1 aromatic rings. The van der Waals surface area contributed by atoms with E-state index in [1.54, 1.807) is 11.0 Å². The predicted octanol–water partition coefficient (Wildman–Crippen LogP) is 1.43. The summed E-state index contributed by atoms with van der Waals surface area (Å²) in [7, 11) is 0. The first-order valence-corrected chi connectivity index (χ1v) is 6.83. The summed E-state index contributed by atoms with van der Waals surface area (Å²) < 4.78 is 18.4. The second kappa shape index (κ2) is 5.32. The zero-order valence-electron chi connectivity index (χ0n) is 11.1. The topological polar surface area (TPSA) is 46.6 Å². The molecule has 1 aromatic carbocycles. The molecule has 106 valence electrons. The number of rotatable bonds is 1. The standard InChI is InChI=1S/C15H16FNO3/c16-12-2-1-10-7-11(8-14(18)13(10)9-12)15(19)17-3-5-20-6-4-17/h1-2,9,11H,3-8H2. The maximum absolute atomic E-state index is 13.2. The van der Waals surface area contributed by atoms with E-state index in [4.69, 9.17) is 4.74 Å². The summed E-state index contributed by atoms with van der Waals surface area (Å²) in [4.78, 5) is 26.3. The Bertz CT molecular complexity index is 552. The molecule has 2 aliphatic rings. The van der Waals surface area contributed by atoms with E-state index in [1.807, 2.05) is 0 Å². The third-order valence-corrected chi connectivity index (χ3v) is 3.94. The third kappa shape index (κ3) is 2.45. The highest BCUT2D eigenvalue weighted by Gasteiger charge is 2.33. The predicted molar refractivity (Wildman–Crippen MR) is 69.9 cm³/mol. The molecule has 1 aliphatic carbocycles. The minimum absolute atomic E-state index is 0.0108. The van der Waals surface area contributed by atoms with E-state index in [9.17, 15) is 14.0 Å². The number of amides is 1. The van der Waals surface area contributed by atoms with Gasteiger partial charge in [-0.3, -0.25) is 9.59 Å². The Kier molecular flexibility index (Phi) is 3.53. The SMILES string of the molecule is O=C1CC(C(=O)N2CCOCC2)Cc2ccc(F)cc21. The van der Waals surface area contributed by atoms with Crippen LogP contribution in [0.2, 0.25) is 0 Å². The van der Waals surface area contributed by atoms with Crippen LogP contribution in [0.5, 0.6) is 0 Å². The number of hydrogen-bond acceptors (Lipinski definition) is 3. The minimum Gasteiger partial charge on any atom is -0.378 e. The lowest BCUT2D eigenvalue weighted by molar-refractivity contribution is -0.139. The summed E-state index contributed by atoms with van der Waals surface area (Å²) >= 11 is 0. The molecule has 1 amide bonds. The summed E-state index contributed by atoms with van der Waals surface area (Å²) in [5.41, 5.74) is 1.20. The number of Topliss-reactive ketones (excluding diaryl/α,β-unsaturated/α-hetero) is 1. The molecule has 1 atom stereocenters. The minimum atomic E-state index is -0.407. The second-order valence-electron chi connectivity index (χ2n) is 5.27. The van der Waals surface area contributed by atoms with Crippen molar-refractivity contribution in [1.82, 2.24) is 4.90 Å². The van der Waals surface area contributed by atoms with E-state index in [2.05, 4.69) is 0 Å². The molecule has 20 heavy (non-hydrogen) atoms. The molecular weight excluding hydrogens is 261 g/mol. The lowest BCUT2D eigenvalue weighted by Crippen LogP contribution is -2.45. The molecule has 0 saturated carbocycles. The van der Waals surface area contributed by atoms with Crippen LogP contribution in [0.25, 0.3) is 0 Å². The molecular formula is C15H16FNO3. The van der Waals surface area contributed by atoms with E-state index in [0.29, 0.717) is 38.3 Å². The van der Waals surface area contributed by atoms with Crippen molar-refractivity contribution in [3.63, 3.8) is 0 Å². The van der Waals surface area contributed by atoms with Gasteiger partial charge >= 0.3 is 0 Å². The first-order chi connectivity index (χ1) is 9.65. The molecule has 4 nitrogen and oxygen atoms in total. The first kappa shape index (κ1) is 13.2.